The van der Waals surface area contributed by atoms with Crippen molar-refractivity contribution in [1.82, 2.24) is 0 Å². The second-order valence-electron chi connectivity index (χ2n) is 3.54. The van der Waals surface area contributed by atoms with Gasteiger partial charge in [-0.3, -0.25) is 0 Å². The number of ketones is 1. The van der Waals surface area contributed by atoms with E-state index in [4.69, 9.17) is 11.6 Å². The van der Waals surface area contributed by atoms with E-state index >= 15 is 0 Å². The molecular weight excluding hydrogens is 196 g/mol. The van der Waals surface area contributed by atoms with E-state index in [0.29, 0.717) is 6.42 Å². The van der Waals surface area contributed by atoms with Crippen molar-refractivity contribution in [3.05, 3.63) is 34.9 Å². The summed E-state index contributed by atoms with van der Waals surface area (Å²) in [5, 5.41) is 0.775. The molecule has 1 aromatic rings. The van der Waals surface area contributed by atoms with Crippen molar-refractivity contribution in [3.63, 3.8) is 0 Å². The molecule has 0 N–H and O–H groups in total. The fourth-order valence-electron chi connectivity index (χ4n) is 1.35. The Morgan fingerprint density at radius 2 is 1.86 bits per heavy atom. The highest BCUT2D eigenvalue weighted by atomic mass is 35.5. The Hall–Kier alpha value is -0.820. The van der Waals surface area contributed by atoms with Crippen LogP contribution in [0.4, 0.5) is 0 Å². The molecular formula is C12H15ClO. The van der Waals surface area contributed by atoms with Crippen LogP contribution in [-0.2, 0) is 11.2 Å². The quantitative estimate of drug-likeness (QED) is 0.679. The van der Waals surface area contributed by atoms with Crippen molar-refractivity contribution >= 4 is 17.4 Å². The smallest absolute Gasteiger partial charge is 0.129 e. The van der Waals surface area contributed by atoms with Gasteiger partial charge >= 0.3 is 0 Å². The topological polar surface area (TPSA) is 17.1 Å². The number of aryl methyl sites for hydroxylation is 1. The highest BCUT2D eigenvalue weighted by Crippen LogP contribution is 2.12. The molecule has 0 atom stereocenters. The van der Waals surface area contributed by atoms with Crippen molar-refractivity contribution < 1.29 is 4.79 Å². The Bertz CT molecular complexity index is 290. The third-order valence-electron chi connectivity index (χ3n) is 2.16. The van der Waals surface area contributed by atoms with Crippen LogP contribution < -0.4 is 0 Å². The molecule has 0 fully saturated rings. The van der Waals surface area contributed by atoms with Gasteiger partial charge in [-0.2, -0.15) is 0 Å². The van der Waals surface area contributed by atoms with Gasteiger partial charge in [0.1, 0.15) is 5.78 Å². The molecule has 2 heteroatoms. The Labute approximate surface area is 90.1 Å². The summed E-state index contributed by atoms with van der Waals surface area (Å²) in [7, 11) is 0. The number of hydrogen-bond acceptors (Lipinski definition) is 1. The third-order valence-corrected chi connectivity index (χ3v) is 2.41. The van der Waals surface area contributed by atoms with Gasteiger partial charge in [-0.1, -0.05) is 23.7 Å². The van der Waals surface area contributed by atoms with Gasteiger partial charge in [0.25, 0.3) is 0 Å². The first-order chi connectivity index (χ1) is 6.68. The van der Waals surface area contributed by atoms with Gasteiger partial charge in [0.05, 0.1) is 0 Å². The lowest BCUT2D eigenvalue weighted by molar-refractivity contribution is -0.117. The average Bonchev–Trinajstić information content (AvgIpc) is 2.15. The van der Waals surface area contributed by atoms with Crippen molar-refractivity contribution in [2.24, 2.45) is 0 Å². The summed E-state index contributed by atoms with van der Waals surface area (Å²) in [5.74, 6) is 0.279. The molecule has 0 aliphatic heterocycles. The molecule has 0 unspecified atom stereocenters. The SMILES string of the molecule is CC(=O)CCCCc1ccc(Cl)cc1. The molecule has 0 aliphatic rings. The Balaban J connectivity index is 2.25. The third kappa shape index (κ3) is 4.43. The highest BCUT2D eigenvalue weighted by Gasteiger charge is 1.96. The summed E-state index contributed by atoms with van der Waals surface area (Å²) >= 11 is 5.77. The van der Waals surface area contributed by atoms with Crippen molar-refractivity contribution in [2.45, 2.75) is 32.6 Å². The van der Waals surface area contributed by atoms with Gasteiger partial charge in [0.15, 0.2) is 0 Å². The van der Waals surface area contributed by atoms with Gasteiger partial charge in [-0.05, 0) is 43.9 Å². The van der Waals surface area contributed by atoms with Crippen LogP contribution >= 0.6 is 11.6 Å². The zero-order valence-electron chi connectivity index (χ0n) is 8.42. The van der Waals surface area contributed by atoms with E-state index in [1.807, 2.05) is 24.3 Å². The zero-order valence-corrected chi connectivity index (χ0v) is 9.18. The minimum atomic E-state index is 0.279. The van der Waals surface area contributed by atoms with Crippen LogP contribution in [0.1, 0.15) is 31.7 Å². The van der Waals surface area contributed by atoms with Gasteiger partial charge in [0, 0.05) is 11.4 Å². The van der Waals surface area contributed by atoms with Crippen molar-refractivity contribution in [3.8, 4) is 0 Å². The van der Waals surface area contributed by atoms with Gasteiger partial charge in [-0.15, -0.1) is 0 Å². The molecule has 0 bridgehead atoms. The van der Waals surface area contributed by atoms with E-state index in [-0.39, 0.29) is 5.78 Å². The van der Waals surface area contributed by atoms with Crippen LogP contribution in [0, 0.1) is 0 Å². The predicted molar refractivity (Wildman–Crippen MR) is 59.7 cm³/mol. The monoisotopic (exact) mass is 210 g/mol. The molecule has 0 saturated carbocycles. The largest absolute Gasteiger partial charge is 0.300 e. The maximum absolute atomic E-state index is 10.7. The van der Waals surface area contributed by atoms with E-state index in [2.05, 4.69) is 0 Å². The molecule has 0 spiro atoms. The summed E-state index contributed by atoms with van der Waals surface area (Å²) in [5.41, 5.74) is 1.29. The fourth-order valence-corrected chi connectivity index (χ4v) is 1.48. The van der Waals surface area contributed by atoms with Crippen molar-refractivity contribution in [2.75, 3.05) is 0 Å². The number of halogens is 1. The molecule has 14 heavy (non-hydrogen) atoms. The van der Waals surface area contributed by atoms with E-state index in [1.54, 1.807) is 6.92 Å². The molecule has 0 amide bonds. The molecule has 1 nitrogen and oxygen atoms in total. The summed E-state index contributed by atoms with van der Waals surface area (Å²) in [6.45, 7) is 1.64. The van der Waals surface area contributed by atoms with Crippen LogP contribution in [-0.4, -0.2) is 5.78 Å². The molecule has 0 heterocycles. The first kappa shape index (κ1) is 11.3. The highest BCUT2D eigenvalue weighted by molar-refractivity contribution is 6.30. The predicted octanol–water partition coefficient (Wildman–Crippen LogP) is 3.64. The van der Waals surface area contributed by atoms with Crippen LogP contribution in [0.15, 0.2) is 24.3 Å². The Morgan fingerprint density at radius 3 is 2.43 bits per heavy atom. The number of carbonyl (C=O) groups excluding carboxylic acids is 1. The van der Waals surface area contributed by atoms with Crippen LogP contribution in [0.3, 0.4) is 0 Å². The van der Waals surface area contributed by atoms with Crippen LogP contribution in [0.2, 0.25) is 5.02 Å². The first-order valence-electron chi connectivity index (χ1n) is 4.92. The Morgan fingerprint density at radius 1 is 1.21 bits per heavy atom. The number of rotatable bonds is 5. The number of benzene rings is 1. The second-order valence-corrected chi connectivity index (χ2v) is 3.97. The minimum absolute atomic E-state index is 0.279. The maximum Gasteiger partial charge on any atom is 0.129 e. The first-order valence-corrected chi connectivity index (χ1v) is 5.30. The number of Topliss-reactive ketones (excluding diaryl/α,β-unsaturated/α-hetero) is 1. The summed E-state index contributed by atoms with van der Waals surface area (Å²) in [6, 6.07) is 7.88. The molecule has 0 aromatic heterocycles. The van der Waals surface area contributed by atoms with Gasteiger partial charge in [0.2, 0.25) is 0 Å². The summed E-state index contributed by atoms with van der Waals surface area (Å²) in [6.07, 6.45) is 3.79. The Kier molecular flexibility index (Phi) is 4.68. The van der Waals surface area contributed by atoms with Gasteiger partial charge < -0.3 is 4.79 Å². The van der Waals surface area contributed by atoms with Crippen LogP contribution in [0.25, 0.3) is 0 Å². The van der Waals surface area contributed by atoms with Gasteiger partial charge in [-0.25, -0.2) is 0 Å². The van der Waals surface area contributed by atoms with E-state index < -0.39 is 0 Å². The van der Waals surface area contributed by atoms with Crippen LogP contribution in [0.5, 0.6) is 0 Å². The average molecular weight is 211 g/mol. The molecule has 0 aliphatic carbocycles. The second kappa shape index (κ2) is 5.82. The molecule has 76 valence electrons. The zero-order chi connectivity index (χ0) is 10.4. The molecule has 0 saturated heterocycles. The molecule has 1 rings (SSSR count). The number of carbonyl (C=O) groups is 1. The minimum Gasteiger partial charge on any atom is -0.300 e. The lowest BCUT2D eigenvalue weighted by Gasteiger charge is -2.00. The van der Waals surface area contributed by atoms with E-state index in [9.17, 15) is 4.79 Å². The lowest BCUT2D eigenvalue weighted by atomic mass is 10.1. The summed E-state index contributed by atoms with van der Waals surface area (Å²) < 4.78 is 0. The molecule has 1 aromatic carbocycles. The number of unbranched alkanes of at least 4 members (excludes halogenated alkanes) is 1. The number of hydrogen-bond donors (Lipinski definition) is 0. The van der Waals surface area contributed by atoms with E-state index in [1.165, 1.54) is 5.56 Å². The summed E-state index contributed by atoms with van der Waals surface area (Å²) in [4.78, 5) is 10.7. The lowest BCUT2D eigenvalue weighted by Crippen LogP contribution is -1.91. The fraction of sp³-hybridized carbons (Fsp3) is 0.417. The standard InChI is InChI=1S/C12H15ClO/c1-10(14)4-2-3-5-11-6-8-12(13)9-7-11/h6-9H,2-5H2,1H3. The molecule has 0 radical (unpaired) electrons. The van der Waals surface area contributed by atoms with E-state index in [0.717, 1.165) is 24.3 Å². The normalized spacial score (nSPS) is 10.1. The van der Waals surface area contributed by atoms with Crippen molar-refractivity contribution in [1.29, 1.82) is 0 Å². The maximum atomic E-state index is 10.7.